The van der Waals surface area contributed by atoms with Gasteiger partial charge in [0.2, 0.25) is 0 Å². The summed E-state index contributed by atoms with van der Waals surface area (Å²) in [7, 11) is 0. The highest BCUT2D eigenvalue weighted by molar-refractivity contribution is 7.09. The van der Waals surface area contributed by atoms with Crippen LogP contribution in [0, 0.1) is 5.82 Å². The molecule has 1 fully saturated rings. The van der Waals surface area contributed by atoms with Crippen molar-refractivity contribution in [3.05, 3.63) is 51.7 Å². The number of thiazole rings is 1. The molecular formula is C19H23F3N2OS. The summed E-state index contributed by atoms with van der Waals surface area (Å²) in [6, 6.07) is 6.59. The molecule has 2 heterocycles. The van der Waals surface area contributed by atoms with Crippen molar-refractivity contribution >= 4 is 11.3 Å². The minimum Gasteiger partial charge on any atom is -0.373 e. The van der Waals surface area contributed by atoms with Crippen LogP contribution in [-0.4, -0.2) is 29.1 Å². The molecule has 0 amide bonds. The molecule has 0 bridgehead atoms. The molecule has 0 saturated carbocycles. The maximum atomic E-state index is 13.7. The molecule has 2 aromatic rings. The van der Waals surface area contributed by atoms with Gasteiger partial charge in [-0.1, -0.05) is 25.1 Å². The van der Waals surface area contributed by atoms with Gasteiger partial charge < -0.3 is 4.74 Å². The lowest BCUT2D eigenvalue weighted by Crippen LogP contribution is -2.39. The predicted octanol–water partition coefficient (Wildman–Crippen LogP) is 5.35. The fraction of sp³-hybridized carbons (Fsp3) is 0.526. The number of alkyl halides is 2. The summed E-state index contributed by atoms with van der Waals surface area (Å²) in [6.07, 6.45) is -0.0733. The first-order chi connectivity index (χ1) is 12.6. The molecule has 3 nitrogen and oxygen atoms in total. The molecule has 142 valence electrons. The zero-order valence-electron chi connectivity index (χ0n) is 14.7. The summed E-state index contributed by atoms with van der Waals surface area (Å²) in [5.41, 5.74) is 1.98. The molecule has 1 aromatic carbocycles. The van der Waals surface area contributed by atoms with Crippen molar-refractivity contribution in [1.82, 2.24) is 9.88 Å². The maximum absolute atomic E-state index is 13.7. The Labute approximate surface area is 155 Å². The van der Waals surface area contributed by atoms with E-state index >= 15 is 0 Å². The number of hydrogen-bond donors (Lipinski definition) is 0. The Balaban J connectivity index is 1.55. The number of rotatable bonds is 7. The monoisotopic (exact) mass is 384 g/mol. The number of benzene rings is 1. The van der Waals surface area contributed by atoms with Crippen LogP contribution in [0.25, 0.3) is 0 Å². The number of likely N-dealkylation sites (tertiary alicyclic amines) is 1. The zero-order chi connectivity index (χ0) is 18.5. The van der Waals surface area contributed by atoms with E-state index in [2.05, 4.69) is 9.88 Å². The molecule has 1 atom stereocenters. The molecule has 1 unspecified atom stereocenters. The Morgan fingerprint density at radius 3 is 2.65 bits per heavy atom. The van der Waals surface area contributed by atoms with Gasteiger partial charge in [0.15, 0.2) is 0 Å². The third kappa shape index (κ3) is 4.45. The smallest absolute Gasteiger partial charge is 0.281 e. The van der Waals surface area contributed by atoms with E-state index in [0.717, 1.165) is 32.4 Å². The lowest BCUT2D eigenvalue weighted by Gasteiger charge is -2.37. The van der Waals surface area contributed by atoms with Gasteiger partial charge in [0.25, 0.3) is 6.43 Å². The fourth-order valence-electron chi connectivity index (χ4n) is 3.46. The number of nitrogens with zero attached hydrogens (tertiary/aromatic N) is 2. The van der Waals surface area contributed by atoms with E-state index in [-0.39, 0.29) is 30.3 Å². The zero-order valence-corrected chi connectivity index (χ0v) is 15.5. The number of hydrogen-bond acceptors (Lipinski definition) is 4. The lowest BCUT2D eigenvalue weighted by molar-refractivity contribution is -0.0127. The van der Waals surface area contributed by atoms with Crippen LogP contribution < -0.4 is 0 Å². The maximum Gasteiger partial charge on any atom is 0.281 e. The van der Waals surface area contributed by atoms with Crippen molar-refractivity contribution in [2.45, 2.75) is 51.4 Å². The van der Waals surface area contributed by atoms with Gasteiger partial charge in [0.05, 0.1) is 23.1 Å². The molecule has 1 aliphatic heterocycles. The van der Waals surface area contributed by atoms with E-state index in [1.165, 1.54) is 22.9 Å². The highest BCUT2D eigenvalue weighted by Crippen LogP contribution is 2.36. The Kier molecular flexibility index (Phi) is 6.67. The molecule has 0 spiro atoms. The Bertz CT molecular complexity index is 702. The van der Waals surface area contributed by atoms with Gasteiger partial charge >= 0.3 is 0 Å². The first kappa shape index (κ1) is 19.3. The van der Waals surface area contributed by atoms with Crippen LogP contribution in [0.15, 0.2) is 29.8 Å². The average molecular weight is 384 g/mol. The van der Waals surface area contributed by atoms with E-state index in [1.54, 1.807) is 18.2 Å². The predicted molar refractivity (Wildman–Crippen MR) is 95.9 cm³/mol. The van der Waals surface area contributed by atoms with E-state index in [0.29, 0.717) is 10.4 Å². The molecule has 7 heteroatoms. The second-order valence-corrected chi connectivity index (χ2v) is 7.35. The highest BCUT2D eigenvalue weighted by atomic mass is 32.1. The van der Waals surface area contributed by atoms with Crippen LogP contribution in [0.1, 0.15) is 54.8 Å². The number of ether oxygens (including phenoxy) is 1. The van der Waals surface area contributed by atoms with Crippen LogP contribution in [0.5, 0.6) is 0 Å². The molecule has 1 saturated heterocycles. The Morgan fingerprint density at radius 2 is 2.00 bits per heavy atom. The number of aromatic nitrogens is 1. The van der Waals surface area contributed by atoms with Gasteiger partial charge in [0, 0.05) is 24.7 Å². The molecule has 0 N–H and O–H groups in total. The van der Waals surface area contributed by atoms with Crippen molar-refractivity contribution in [3.63, 3.8) is 0 Å². The van der Waals surface area contributed by atoms with Gasteiger partial charge in [-0.2, -0.15) is 0 Å². The van der Waals surface area contributed by atoms with Gasteiger partial charge in [-0.25, -0.2) is 18.2 Å². The Morgan fingerprint density at radius 1 is 1.27 bits per heavy atom. The van der Waals surface area contributed by atoms with Gasteiger partial charge in [0.1, 0.15) is 11.5 Å². The Hall–Kier alpha value is -1.44. The van der Waals surface area contributed by atoms with Crippen LogP contribution in [0.2, 0.25) is 0 Å². The molecule has 0 aliphatic carbocycles. The summed E-state index contributed by atoms with van der Waals surface area (Å²) in [4.78, 5) is 6.76. The fourth-order valence-corrected chi connectivity index (χ4v) is 4.48. The van der Waals surface area contributed by atoms with Gasteiger partial charge in [-0.05, 0) is 25.3 Å². The molecule has 1 aliphatic rings. The summed E-state index contributed by atoms with van der Waals surface area (Å²) in [6.45, 7) is 3.83. The quantitative estimate of drug-likeness (QED) is 0.643. The summed E-state index contributed by atoms with van der Waals surface area (Å²) in [5, 5.41) is 0. The molecule has 26 heavy (non-hydrogen) atoms. The van der Waals surface area contributed by atoms with Crippen molar-refractivity contribution < 1.29 is 17.9 Å². The summed E-state index contributed by atoms with van der Waals surface area (Å²) in [5.74, 6) is -0.249. The van der Waals surface area contributed by atoms with Crippen LogP contribution in [-0.2, 0) is 11.3 Å². The first-order valence-corrected chi connectivity index (χ1v) is 9.78. The first-order valence-electron chi connectivity index (χ1n) is 8.90. The molecular weight excluding hydrogens is 361 g/mol. The minimum atomic E-state index is -2.54. The normalized spacial score (nSPS) is 17.7. The second kappa shape index (κ2) is 8.97. The second-order valence-electron chi connectivity index (χ2n) is 6.46. The molecule has 3 rings (SSSR count). The standard InChI is InChI=1S/C19H23F3N2OS/c1-2-16(18-17(19(21)22)23-12-26-18)24-9-7-14(8-10-24)25-11-13-5-3-4-6-15(13)20/h3-6,12,14,16,19H,2,7-11H2,1H3. The van der Waals surface area contributed by atoms with Crippen LogP contribution in [0.4, 0.5) is 13.2 Å². The van der Waals surface area contributed by atoms with Crippen LogP contribution in [0.3, 0.4) is 0 Å². The van der Waals surface area contributed by atoms with Gasteiger partial charge in [-0.3, -0.25) is 4.90 Å². The van der Waals surface area contributed by atoms with E-state index in [4.69, 9.17) is 4.74 Å². The summed E-state index contributed by atoms with van der Waals surface area (Å²) < 4.78 is 45.8. The third-order valence-corrected chi connectivity index (χ3v) is 5.82. The minimum absolute atomic E-state index is 0.0287. The van der Waals surface area contributed by atoms with Crippen molar-refractivity contribution in [2.75, 3.05) is 13.1 Å². The SMILES string of the molecule is CCC(c1scnc1C(F)F)N1CCC(OCc2ccccc2F)CC1. The van der Waals surface area contributed by atoms with E-state index in [9.17, 15) is 13.2 Å². The summed E-state index contributed by atoms with van der Waals surface area (Å²) >= 11 is 1.31. The number of piperidine rings is 1. The van der Waals surface area contributed by atoms with Crippen LogP contribution >= 0.6 is 11.3 Å². The number of halogens is 3. The van der Waals surface area contributed by atoms with Crippen molar-refractivity contribution in [1.29, 1.82) is 0 Å². The largest absolute Gasteiger partial charge is 0.373 e. The highest BCUT2D eigenvalue weighted by Gasteiger charge is 2.30. The molecule has 1 aromatic heterocycles. The molecule has 0 radical (unpaired) electrons. The average Bonchev–Trinajstić information content (AvgIpc) is 3.12. The van der Waals surface area contributed by atoms with E-state index in [1.807, 2.05) is 6.92 Å². The van der Waals surface area contributed by atoms with Crippen molar-refractivity contribution in [2.24, 2.45) is 0 Å². The topological polar surface area (TPSA) is 25.4 Å². The third-order valence-electron chi connectivity index (χ3n) is 4.87. The van der Waals surface area contributed by atoms with Crippen molar-refractivity contribution in [3.8, 4) is 0 Å². The van der Waals surface area contributed by atoms with E-state index < -0.39 is 6.43 Å². The lowest BCUT2D eigenvalue weighted by atomic mass is 10.0. The van der Waals surface area contributed by atoms with Gasteiger partial charge in [-0.15, -0.1) is 11.3 Å².